The van der Waals surface area contributed by atoms with Gasteiger partial charge in [-0.05, 0) is 54.7 Å². The number of pyridine rings is 1. The first kappa shape index (κ1) is 22.2. The molecule has 0 atom stereocenters. The number of sulfone groups is 1. The van der Waals surface area contributed by atoms with Crippen molar-refractivity contribution in [1.82, 2.24) is 4.57 Å². The van der Waals surface area contributed by atoms with Crippen molar-refractivity contribution in [2.75, 3.05) is 5.75 Å². The lowest BCUT2D eigenvalue weighted by atomic mass is 10.0. The van der Waals surface area contributed by atoms with E-state index in [4.69, 9.17) is 4.74 Å². The molecule has 32 heavy (non-hydrogen) atoms. The van der Waals surface area contributed by atoms with Crippen LogP contribution in [0.15, 0.2) is 53.5 Å². The van der Waals surface area contributed by atoms with Gasteiger partial charge in [-0.3, -0.25) is 4.79 Å². The molecule has 2 aromatic carbocycles. The van der Waals surface area contributed by atoms with Gasteiger partial charge in [-0.15, -0.1) is 0 Å². The molecule has 8 heteroatoms. The van der Waals surface area contributed by atoms with E-state index in [0.717, 1.165) is 25.0 Å². The molecule has 1 aliphatic carbocycles. The summed E-state index contributed by atoms with van der Waals surface area (Å²) in [7, 11) is -1.62. The maximum absolute atomic E-state index is 14.2. The first-order valence-corrected chi connectivity index (χ1v) is 12.2. The van der Waals surface area contributed by atoms with Gasteiger partial charge in [0.15, 0.2) is 21.4 Å². The Balaban J connectivity index is 1.84. The minimum atomic E-state index is -3.28. The molecular weight excluding hydrogens is 436 g/mol. The molecule has 0 radical (unpaired) electrons. The number of aryl methyl sites for hydroxylation is 1. The summed E-state index contributed by atoms with van der Waals surface area (Å²) >= 11 is 0. The van der Waals surface area contributed by atoms with E-state index in [1.54, 1.807) is 44.4 Å². The van der Waals surface area contributed by atoms with Crippen LogP contribution in [0.5, 0.6) is 11.5 Å². The number of benzene rings is 2. The number of hydrogen-bond acceptors (Lipinski definition) is 4. The van der Waals surface area contributed by atoms with Crippen molar-refractivity contribution in [2.45, 2.75) is 31.4 Å². The van der Waals surface area contributed by atoms with Crippen molar-refractivity contribution < 1.29 is 21.9 Å². The Morgan fingerprint density at radius 3 is 2.44 bits per heavy atom. The van der Waals surface area contributed by atoms with Crippen molar-refractivity contribution in [2.24, 2.45) is 7.05 Å². The van der Waals surface area contributed by atoms with Gasteiger partial charge in [0.1, 0.15) is 11.6 Å². The zero-order valence-electron chi connectivity index (χ0n) is 17.8. The molecule has 1 saturated carbocycles. The summed E-state index contributed by atoms with van der Waals surface area (Å²) in [6.45, 7) is 1.58. The van der Waals surface area contributed by atoms with Gasteiger partial charge in [0.25, 0.3) is 5.56 Å². The Kier molecular flexibility index (Phi) is 5.90. The van der Waals surface area contributed by atoms with Crippen molar-refractivity contribution >= 4 is 9.84 Å². The zero-order chi connectivity index (χ0) is 23.0. The van der Waals surface area contributed by atoms with Crippen LogP contribution < -0.4 is 10.3 Å². The summed E-state index contributed by atoms with van der Waals surface area (Å²) in [5, 5.41) is 0. The molecule has 5 nitrogen and oxygen atoms in total. The highest BCUT2D eigenvalue weighted by atomic mass is 32.2. The van der Waals surface area contributed by atoms with Gasteiger partial charge in [0, 0.05) is 41.8 Å². The average molecular weight is 460 g/mol. The molecule has 1 fully saturated rings. The molecule has 0 aliphatic heterocycles. The van der Waals surface area contributed by atoms with E-state index in [1.165, 1.54) is 10.6 Å². The summed E-state index contributed by atoms with van der Waals surface area (Å²) in [5.41, 5.74) is 2.34. The second-order valence-corrected chi connectivity index (χ2v) is 10.4. The van der Waals surface area contributed by atoms with Crippen molar-refractivity contribution in [1.29, 1.82) is 0 Å². The number of hydrogen-bond donors (Lipinski definition) is 0. The first-order chi connectivity index (χ1) is 15.2. The van der Waals surface area contributed by atoms with Crippen LogP contribution in [0.2, 0.25) is 0 Å². The largest absolute Gasteiger partial charge is 0.454 e. The minimum Gasteiger partial charge on any atom is -0.454 e. The number of ether oxygens (including phenoxy) is 1. The van der Waals surface area contributed by atoms with Crippen molar-refractivity contribution in [3.05, 3.63) is 81.8 Å². The number of rotatable bonds is 7. The highest BCUT2D eigenvalue weighted by Crippen LogP contribution is 2.41. The van der Waals surface area contributed by atoms with Crippen molar-refractivity contribution in [3.8, 4) is 22.6 Å². The summed E-state index contributed by atoms with van der Waals surface area (Å²) in [4.78, 5) is 12.5. The quantitative estimate of drug-likeness (QED) is 0.502. The van der Waals surface area contributed by atoms with E-state index in [0.29, 0.717) is 22.3 Å². The maximum Gasteiger partial charge on any atom is 0.253 e. The molecule has 168 valence electrons. The molecule has 1 aromatic heterocycles. The lowest BCUT2D eigenvalue weighted by Gasteiger charge is -2.15. The van der Waals surface area contributed by atoms with E-state index in [9.17, 15) is 22.0 Å². The summed E-state index contributed by atoms with van der Waals surface area (Å²) in [5.74, 6) is -1.40. The molecule has 3 aromatic rings. The van der Waals surface area contributed by atoms with Crippen LogP contribution in [-0.4, -0.2) is 18.7 Å². The molecule has 1 aliphatic rings. The fourth-order valence-corrected chi connectivity index (χ4v) is 4.48. The van der Waals surface area contributed by atoms with Crippen LogP contribution in [0.3, 0.4) is 0 Å². The van der Waals surface area contributed by atoms with Gasteiger partial charge in [-0.25, -0.2) is 17.2 Å². The Morgan fingerprint density at radius 1 is 1.06 bits per heavy atom. The lowest BCUT2D eigenvalue weighted by Crippen LogP contribution is -2.20. The highest BCUT2D eigenvalue weighted by molar-refractivity contribution is 7.90. The Labute approximate surface area is 185 Å². The van der Waals surface area contributed by atoms with Gasteiger partial charge < -0.3 is 9.30 Å². The predicted octanol–water partition coefficient (Wildman–Crippen LogP) is 4.93. The Morgan fingerprint density at radius 2 is 1.78 bits per heavy atom. The van der Waals surface area contributed by atoms with Crippen LogP contribution in [-0.2, 0) is 22.6 Å². The van der Waals surface area contributed by atoms with Gasteiger partial charge in [-0.2, -0.15) is 0 Å². The fraction of sp³-hybridized carbons (Fsp3) is 0.292. The standard InChI is InChI=1S/C24H23F2NO4S/c1-3-32(29,30)14-15-4-8-22(31-23-9-7-18(25)12-21(23)26)19(10-15)17-11-20(16-5-6-16)24(28)27(2)13-17/h4,7-13,16H,3,5-6,14H2,1-2H3. The van der Waals surface area contributed by atoms with Crippen LogP contribution in [0.1, 0.15) is 36.8 Å². The number of aromatic nitrogens is 1. The second kappa shape index (κ2) is 8.50. The maximum atomic E-state index is 14.2. The van der Waals surface area contributed by atoms with Crippen LogP contribution >= 0.6 is 0 Å². The molecule has 4 rings (SSSR count). The predicted molar refractivity (Wildman–Crippen MR) is 119 cm³/mol. The SMILES string of the molecule is CCS(=O)(=O)Cc1ccc(Oc2ccc(F)cc2F)c(-c2cc(C3CC3)c(=O)n(C)c2)c1. The zero-order valence-corrected chi connectivity index (χ0v) is 18.6. The monoisotopic (exact) mass is 459 g/mol. The highest BCUT2D eigenvalue weighted by Gasteiger charge is 2.27. The summed E-state index contributed by atoms with van der Waals surface area (Å²) in [6.07, 6.45) is 3.53. The van der Waals surface area contributed by atoms with E-state index in [-0.39, 0.29) is 34.5 Å². The lowest BCUT2D eigenvalue weighted by molar-refractivity contribution is 0.439. The third kappa shape index (κ3) is 4.75. The van der Waals surface area contributed by atoms with Crippen LogP contribution in [0.4, 0.5) is 8.78 Å². The van der Waals surface area contributed by atoms with Gasteiger partial charge in [-0.1, -0.05) is 13.0 Å². The fourth-order valence-electron chi connectivity index (χ4n) is 3.59. The smallest absolute Gasteiger partial charge is 0.253 e. The second-order valence-electron chi connectivity index (χ2n) is 8.06. The van der Waals surface area contributed by atoms with Crippen LogP contribution in [0.25, 0.3) is 11.1 Å². The van der Waals surface area contributed by atoms with E-state index >= 15 is 0 Å². The number of nitrogens with zero attached hydrogens (tertiary/aromatic N) is 1. The first-order valence-electron chi connectivity index (χ1n) is 10.3. The van der Waals surface area contributed by atoms with Crippen LogP contribution in [0, 0.1) is 11.6 Å². The Hall–Kier alpha value is -3.00. The third-order valence-corrected chi connectivity index (χ3v) is 7.18. The molecule has 0 saturated heterocycles. The molecule has 0 bridgehead atoms. The number of halogens is 2. The van der Waals surface area contributed by atoms with Gasteiger partial charge in [0.2, 0.25) is 0 Å². The van der Waals surface area contributed by atoms with E-state index < -0.39 is 21.5 Å². The Bertz CT molecular complexity index is 1340. The molecule has 0 N–H and O–H groups in total. The summed E-state index contributed by atoms with van der Waals surface area (Å²) < 4.78 is 59.1. The topological polar surface area (TPSA) is 65.4 Å². The van der Waals surface area contributed by atoms with E-state index in [2.05, 4.69) is 0 Å². The molecule has 0 unspecified atom stereocenters. The van der Waals surface area contributed by atoms with Crippen molar-refractivity contribution in [3.63, 3.8) is 0 Å². The van der Waals surface area contributed by atoms with Gasteiger partial charge >= 0.3 is 0 Å². The summed E-state index contributed by atoms with van der Waals surface area (Å²) in [6, 6.07) is 9.67. The van der Waals surface area contributed by atoms with E-state index in [1.807, 2.05) is 0 Å². The third-order valence-electron chi connectivity index (χ3n) is 5.52. The van der Waals surface area contributed by atoms with Gasteiger partial charge in [0.05, 0.1) is 5.75 Å². The molecule has 1 heterocycles. The minimum absolute atomic E-state index is 0.00699. The normalized spacial score (nSPS) is 13.9. The average Bonchev–Trinajstić information content (AvgIpc) is 3.58. The molecule has 0 spiro atoms. The molecule has 0 amide bonds. The molecular formula is C24H23F2NO4S.